The van der Waals surface area contributed by atoms with Gasteiger partial charge in [0.1, 0.15) is 0 Å². The van der Waals surface area contributed by atoms with Crippen molar-refractivity contribution in [2.75, 3.05) is 38.1 Å². The molecule has 1 saturated heterocycles. The molecule has 3 heterocycles. The molecule has 28 heavy (non-hydrogen) atoms. The van der Waals surface area contributed by atoms with Crippen LogP contribution >= 0.6 is 0 Å². The van der Waals surface area contributed by atoms with E-state index in [2.05, 4.69) is 64.5 Å². The molecule has 5 heteroatoms. The van der Waals surface area contributed by atoms with Crippen LogP contribution in [0.4, 0.5) is 5.69 Å². The molecule has 0 radical (unpaired) electrons. The molecule has 1 fully saturated rings. The molecule has 5 rings (SSSR count). The first-order valence-electron chi connectivity index (χ1n) is 9.71. The van der Waals surface area contributed by atoms with Crippen LogP contribution in [-0.2, 0) is 0 Å². The molecule has 4 aromatic rings. The highest BCUT2D eigenvalue weighted by molar-refractivity contribution is 5.77. The number of rotatable bonds is 3. The number of nitrogens with zero attached hydrogens (tertiary/aromatic N) is 5. The van der Waals surface area contributed by atoms with Crippen molar-refractivity contribution in [3.05, 3.63) is 73.2 Å². The Balaban J connectivity index is 1.42. The Labute approximate surface area is 164 Å². The number of hydrogen-bond acceptors (Lipinski definition) is 4. The van der Waals surface area contributed by atoms with Gasteiger partial charge in [-0.25, -0.2) is 9.50 Å². The Hall–Kier alpha value is -3.18. The van der Waals surface area contributed by atoms with E-state index in [0.29, 0.717) is 0 Å². The largest absolute Gasteiger partial charge is 0.369 e. The highest BCUT2D eigenvalue weighted by atomic mass is 15.2. The second-order valence-corrected chi connectivity index (χ2v) is 7.37. The van der Waals surface area contributed by atoms with Crippen LogP contribution in [0.15, 0.2) is 73.2 Å². The quantitative estimate of drug-likeness (QED) is 0.550. The predicted octanol–water partition coefficient (Wildman–Crippen LogP) is 3.82. The van der Waals surface area contributed by atoms with Gasteiger partial charge in [-0.3, -0.25) is 0 Å². The second kappa shape index (κ2) is 7.09. The predicted molar refractivity (Wildman–Crippen MR) is 114 cm³/mol. The minimum absolute atomic E-state index is 0.879. The summed E-state index contributed by atoms with van der Waals surface area (Å²) >= 11 is 0. The molecule has 0 saturated carbocycles. The minimum atomic E-state index is 0.879. The summed E-state index contributed by atoms with van der Waals surface area (Å²) in [6.45, 7) is 4.40. The third-order valence-electron chi connectivity index (χ3n) is 5.51. The molecular weight excluding hydrogens is 346 g/mol. The van der Waals surface area contributed by atoms with Crippen LogP contribution in [0.3, 0.4) is 0 Å². The van der Waals surface area contributed by atoms with Crippen LogP contribution in [0.1, 0.15) is 0 Å². The molecule has 5 nitrogen and oxygen atoms in total. The molecule has 0 bridgehead atoms. The fourth-order valence-electron chi connectivity index (χ4n) is 3.77. The highest BCUT2D eigenvalue weighted by Gasteiger charge is 2.14. The monoisotopic (exact) mass is 369 g/mol. The third-order valence-corrected chi connectivity index (χ3v) is 5.51. The van der Waals surface area contributed by atoms with E-state index >= 15 is 0 Å². The van der Waals surface area contributed by atoms with Gasteiger partial charge < -0.3 is 9.80 Å². The summed E-state index contributed by atoms with van der Waals surface area (Å²) in [5.74, 6) is 0. The van der Waals surface area contributed by atoms with Crippen LogP contribution in [0.25, 0.3) is 27.9 Å². The van der Waals surface area contributed by atoms with E-state index in [0.717, 1.165) is 54.1 Å². The summed E-state index contributed by atoms with van der Waals surface area (Å²) in [6.07, 6.45) is 5.88. The zero-order valence-electron chi connectivity index (χ0n) is 16.0. The average Bonchev–Trinajstić information content (AvgIpc) is 3.18. The zero-order chi connectivity index (χ0) is 18.9. The number of likely N-dealkylation sites (N-methyl/N-ethyl adjacent to an activating group) is 1. The van der Waals surface area contributed by atoms with E-state index in [1.54, 1.807) is 0 Å². The molecule has 0 atom stereocenters. The molecule has 2 aromatic heterocycles. The van der Waals surface area contributed by atoms with Crippen LogP contribution in [0.5, 0.6) is 0 Å². The van der Waals surface area contributed by atoms with Gasteiger partial charge in [-0.1, -0.05) is 42.5 Å². The van der Waals surface area contributed by atoms with Gasteiger partial charge >= 0.3 is 0 Å². The Morgan fingerprint density at radius 3 is 2.25 bits per heavy atom. The van der Waals surface area contributed by atoms with Crippen molar-refractivity contribution < 1.29 is 0 Å². The Kier molecular flexibility index (Phi) is 4.29. The van der Waals surface area contributed by atoms with Crippen molar-refractivity contribution in [3.63, 3.8) is 0 Å². The van der Waals surface area contributed by atoms with Gasteiger partial charge in [0, 0.05) is 55.4 Å². The number of piperazine rings is 1. The maximum atomic E-state index is 4.70. The van der Waals surface area contributed by atoms with Crippen molar-refractivity contribution in [3.8, 4) is 22.3 Å². The van der Waals surface area contributed by atoms with E-state index in [1.807, 2.05) is 35.1 Å². The summed E-state index contributed by atoms with van der Waals surface area (Å²) < 4.78 is 1.87. The van der Waals surface area contributed by atoms with E-state index in [1.165, 1.54) is 5.69 Å². The normalized spacial score (nSPS) is 15.2. The number of fused-ring (bicyclic) bond motifs is 1. The van der Waals surface area contributed by atoms with Crippen molar-refractivity contribution in [2.24, 2.45) is 0 Å². The van der Waals surface area contributed by atoms with E-state index in [4.69, 9.17) is 4.98 Å². The van der Waals surface area contributed by atoms with Gasteiger partial charge in [-0.2, -0.15) is 5.10 Å². The highest BCUT2D eigenvalue weighted by Crippen LogP contribution is 2.27. The van der Waals surface area contributed by atoms with E-state index in [-0.39, 0.29) is 0 Å². The van der Waals surface area contributed by atoms with Crippen LogP contribution in [-0.4, -0.2) is 52.7 Å². The number of anilines is 1. The molecule has 0 amide bonds. The fraction of sp³-hybridized carbons (Fsp3) is 0.217. The van der Waals surface area contributed by atoms with Gasteiger partial charge in [-0.15, -0.1) is 0 Å². The van der Waals surface area contributed by atoms with E-state index < -0.39 is 0 Å². The Morgan fingerprint density at radius 2 is 1.50 bits per heavy atom. The minimum Gasteiger partial charge on any atom is -0.369 e. The summed E-state index contributed by atoms with van der Waals surface area (Å²) in [7, 11) is 2.18. The van der Waals surface area contributed by atoms with Crippen molar-refractivity contribution in [1.29, 1.82) is 0 Å². The van der Waals surface area contributed by atoms with Crippen LogP contribution in [0.2, 0.25) is 0 Å². The fourth-order valence-corrected chi connectivity index (χ4v) is 3.77. The lowest BCUT2D eigenvalue weighted by Crippen LogP contribution is -2.44. The Morgan fingerprint density at radius 1 is 0.750 bits per heavy atom. The Bertz CT molecular complexity index is 1080. The van der Waals surface area contributed by atoms with Gasteiger partial charge in [0.2, 0.25) is 0 Å². The van der Waals surface area contributed by atoms with Crippen LogP contribution in [0, 0.1) is 0 Å². The smallest absolute Gasteiger partial charge is 0.162 e. The molecule has 1 aliphatic rings. The lowest BCUT2D eigenvalue weighted by atomic mass is 10.1. The summed E-state index contributed by atoms with van der Waals surface area (Å²) in [6, 6.07) is 19.0. The molecule has 2 aromatic carbocycles. The summed E-state index contributed by atoms with van der Waals surface area (Å²) in [5, 5.41) is 4.52. The van der Waals surface area contributed by atoms with Crippen molar-refractivity contribution in [1.82, 2.24) is 19.5 Å². The number of benzene rings is 2. The van der Waals surface area contributed by atoms with Crippen molar-refractivity contribution >= 4 is 11.3 Å². The first kappa shape index (κ1) is 17.0. The first-order valence-corrected chi connectivity index (χ1v) is 9.71. The number of aromatic nitrogens is 3. The summed E-state index contributed by atoms with van der Waals surface area (Å²) in [4.78, 5) is 9.52. The summed E-state index contributed by atoms with van der Waals surface area (Å²) in [5.41, 5.74) is 6.58. The molecular formula is C23H23N5. The molecule has 140 valence electrons. The van der Waals surface area contributed by atoms with Gasteiger partial charge in [0.05, 0.1) is 6.20 Å². The molecule has 0 unspecified atom stereocenters. The third kappa shape index (κ3) is 3.14. The molecule has 0 aliphatic carbocycles. The lowest BCUT2D eigenvalue weighted by molar-refractivity contribution is 0.313. The van der Waals surface area contributed by atoms with Crippen LogP contribution < -0.4 is 4.90 Å². The maximum absolute atomic E-state index is 4.70. The molecule has 0 spiro atoms. The maximum Gasteiger partial charge on any atom is 0.162 e. The van der Waals surface area contributed by atoms with Crippen molar-refractivity contribution in [2.45, 2.75) is 0 Å². The van der Waals surface area contributed by atoms with Gasteiger partial charge in [-0.05, 0) is 30.3 Å². The average molecular weight is 369 g/mol. The molecule has 1 aliphatic heterocycles. The second-order valence-electron chi connectivity index (χ2n) is 7.37. The molecule has 0 N–H and O–H groups in total. The topological polar surface area (TPSA) is 36.7 Å². The zero-order valence-corrected chi connectivity index (χ0v) is 16.0. The van der Waals surface area contributed by atoms with E-state index in [9.17, 15) is 0 Å². The standard InChI is InChI=1S/C23H23N5/c1-26-11-13-27(14-12-26)21-9-7-18(8-10-21)20-15-24-23-22(16-25-28(23)17-20)19-5-3-2-4-6-19/h2-10,15-17H,11-14H2,1H3. The number of hydrogen-bond donors (Lipinski definition) is 0. The van der Waals surface area contributed by atoms with Gasteiger partial charge in [0.15, 0.2) is 5.65 Å². The SMILES string of the molecule is CN1CCN(c2ccc(-c3cnc4c(-c5ccccc5)cnn4c3)cc2)CC1. The lowest BCUT2D eigenvalue weighted by Gasteiger charge is -2.34. The first-order chi connectivity index (χ1) is 13.8. The van der Waals surface area contributed by atoms with Gasteiger partial charge in [0.25, 0.3) is 0 Å².